The van der Waals surface area contributed by atoms with E-state index in [2.05, 4.69) is 10.6 Å². The van der Waals surface area contributed by atoms with Crippen molar-refractivity contribution in [3.8, 4) is 0 Å². The van der Waals surface area contributed by atoms with Gasteiger partial charge in [0.05, 0.1) is 16.2 Å². The first-order valence-electron chi connectivity index (χ1n) is 9.52. The summed E-state index contributed by atoms with van der Waals surface area (Å²) >= 11 is 0. The SMILES string of the molecule is Cl.NCCc1ccc(NC(=C2C(=O)Nc3ccc([N+](=O)[O-])cc32)c2ccccc2)cc1. The number of amides is 1. The van der Waals surface area contributed by atoms with Crippen molar-refractivity contribution in [2.45, 2.75) is 6.42 Å². The van der Waals surface area contributed by atoms with E-state index in [1.165, 1.54) is 12.1 Å². The van der Waals surface area contributed by atoms with Crippen LogP contribution in [0.4, 0.5) is 17.1 Å². The van der Waals surface area contributed by atoms with E-state index >= 15 is 0 Å². The second kappa shape index (κ2) is 9.42. The number of halogens is 1. The Hall–Kier alpha value is -3.68. The highest BCUT2D eigenvalue weighted by Crippen LogP contribution is 2.39. The van der Waals surface area contributed by atoms with Crippen LogP contribution >= 0.6 is 12.4 Å². The predicted octanol–water partition coefficient (Wildman–Crippen LogP) is 4.45. The number of nitrogens with zero attached hydrogens (tertiary/aromatic N) is 1. The normalized spacial score (nSPS) is 13.6. The van der Waals surface area contributed by atoms with E-state index in [-0.39, 0.29) is 24.0 Å². The number of nitro benzene ring substituents is 1. The molecule has 0 aromatic heterocycles. The molecule has 0 radical (unpaired) electrons. The Balaban J connectivity index is 0.00000272. The van der Waals surface area contributed by atoms with Crippen LogP contribution in [0.2, 0.25) is 0 Å². The Kier molecular flexibility index (Phi) is 6.69. The van der Waals surface area contributed by atoms with Gasteiger partial charge in [-0.3, -0.25) is 14.9 Å². The van der Waals surface area contributed by atoms with E-state index in [9.17, 15) is 14.9 Å². The van der Waals surface area contributed by atoms with Crippen molar-refractivity contribution in [3.05, 3.63) is 99.6 Å². The van der Waals surface area contributed by atoms with E-state index in [1.807, 2.05) is 54.6 Å². The van der Waals surface area contributed by atoms with Gasteiger partial charge in [-0.2, -0.15) is 0 Å². The molecule has 0 bridgehead atoms. The fourth-order valence-electron chi connectivity index (χ4n) is 3.47. The lowest BCUT2D eigenvalue weighted by atomic mass is 9.99. The predicted molar refractivity (Wildman–Crippen MR) is 125 cm³/mol. The summed E-state index contributed by atoms with van der Waals surface area (Å²) in [4.78, 5) is 23.7. The van der Waals surface area contributed by atoms with Gasteiger partial charge in [0.15, 0.2) is 0 Å². The fourth-order valence-corrected chi connectivity index (χ4v) is 3.47. The molecule has 4 rings (SSSR count). The molecule has 1 aliphatic rings. The first-order chi connectivity index (χ1) is 14.6. The minimum absolute atomic E-state index is 0. The Morgan fingerprint density at radius 3 is 2.39 bits per heavy atom. The monoisotopic (exact) mass is 436 g/mol. The molecule has 0 unspecified atom stereocenters. The Morgan fingerprint density at radius 1 is 1.03 bits per heavy atom. The van der Waals surface area contributed by atoms with Crippen molar-refractivity contribution < 1.29 is 9.72 Å². The summed E-state index contributed by atoms with van der Waals surface area (Å²) in [6.45, 7) is 0.571. The summed E-state index contributed by atoms with van der Waals surface area (Å²) < 4.78 is 0. The average Bonchev–Trinajstić information content (AvgIpc) is 3.09. The van der Waals surface area contributed by atoms with E-state index in [4.69, 9.17) is 5.73 Å². The lowest BCUT2D eigenvalue weighted by molar-refractivity contribution is -0.384. The minimum Gasteiger partial charge on any atom is -0.354 e. The third-order valence-electron chi connectivity index (χ3n) is 4.93. The Morgan fingerprint density at radius 2 is 1.74 bits per heavy atom. The summed E-state index contributed by atoms with van der Waals surface area (Å²) in [5.41, 5.74) is 10.3. The summed E-state index contributed by atoms with van der Waals surface area (Å²) in [5, 5.41) is 17.4. The lowest BCUT2D eigenvalue weighted by Gasteiger charge is -2.15. The van der Waals surface area contributed by atoms with Gasteiger partial charge >= 0.3 is 0 Å². The van der Waals surface area contributed by atoms with Crippen LogP contribution in [0.25, 0.3) is 11.3 Å². The molecule has 0 atom stereocenters. The third kappa shape index (κ3) is 4.58. The number of carbonyl (C=O) groups is 1. The maximum absolute atomic E-state index is 12.9. The lowest BCUT2D eigenvalue weighted by Crippen LogP contribution is -2.10. The number of rotatable bonds is 6. The van der Waals surface area contributed by atoms with Gasteiger partial charge in [0.1, 0.15) is 0 Å². The molecule has 1 aliphatic heterocycles. The maximum atomic E-state index is 12.9. The van der Waals surface area contributed by atoms with Gasteiger partial charge in [-0.15, -0.1) is 12.4 Å². The molecule has 3 aromatic rings. The largest absolute Gasteiger partial charge is 0.354 e. The highest BCUT2D eigenvalue weighted by Gasteiger charge is 2.30. The van der Waals surface area contributed by atoms with Crippen molar-refractivity contribution in [3.63, 3.8) is 0 Å². The summed E-state index contributed by atoms with van der Waals surface area (Å²) in [5.74, 6) is -0.309. The number of nitrogens with one attached hydrogen (secondary N) is 2. The van der Waals surface area contributed by atoms with Crippen molar-refractivity contribution >= 4 is 46.6 Å². The average molecular weight is 437 g/mol. The molecule has 3 aromatic carbocycles. The van der Waals surface area contributed by atoms with E-state index in [0.29, 0.717) is 29.1 Å². The van der Waals surface area contributed by atoms with Crippen LogP contribution in [0.5, 0.6) is 0 Å². The zero-order valence-corrected chi connectivity index (χ0v) is 17.3. The second-order valence-corrected chi connectivity index (χ2v) is 6.92. The maximum Gasteiger partial charge on any atom is 0.270 e. The van der Waals surface area contributed by atoms with Gasteiger partial charge in [0.2, 0.25) is 0 Å². The van der Waals surface area contributed by atoms with Crippen LogP contribution in [0.15, 0.2) is 72.8 Å². The molecule has 31 heavy (non-hydrogen) atoms. The van der Waals surface area contributed by atoms with Gasteiger partial charge in [-0.05, 0) is 42.3 Å². The Labute approximate surface area is 185 Å². The number of benzene rings is 3. The number of non-ortho nitro benzene ring substituents is 1. The van der Waals surface area contributed by atoms with Crippen LogP contribution in [0.3, 0.4) is 0 Å². The second-order valence-electron chi connectivity index (χ2n) is 6.92. The zero-order chi connectivity index (χ0) is 21.1. The molecule has 0 spiro atoms. The zero-order valence-electron chi connectivity index (χ0n) is 16.5. The Bertz CT molecular complexity index is 1150. The van der Waals surface area contributed by atoms with Crippen molar-refractivity contribution in [2.24, 2.45) is 5.73 Å². The van der Waals surface area contributed by atoms with Crippen LogP contribution in [0, 0.1) is 10.1 Å². The van der Waals surface area contributed by atoms with Crippen molar-refractivity contribution in [1.29, 1.82) is 0 Å². The molecule has 0 fully saturated rings. The van der Waals surface area contributed by atoms with E-state index in [0.717, 1.165) is 23.2 Å². The number of carbonyl (C=O) groups excluding carboxylic acids is 1. The number of nitrogens with two attached hydrogens (primary N) is 1. The number of hydrogen-bond donors (Lipinski definition) is 3. The number of nitro groups is 1. The van der Waals surface area contributed by atoms with E-state index in [1.54, 1.807) is 6.07 Å². The summed E-state index contributed by atoms with van der Waals surface area (Å²) in [7, 11) is 0. The smallest absolute Gasteiger partial charge is 0.270 e. The molecule has 158 valence electrons. The third-order valence-corrected chi connectivity index (χ3v) is 4.93. The molecular weight excluding hydrogens is 416 g/mol. The molecule has 8 heteroatoms. The van der Waals surface area contributed by atoms with Crippen LogP contribution in [-0.4, -0.2) is 17.4 Å². The molecule has 4 N–H and O–H groups in total. The molecule has 0 aliphatic carbocycles. The van der Waals surface area contributed by atoms with Gasteiger partial charge in [-0.25, -0.2) is 0 Å². The minimum atomic E-state index is -0.466. The van der Waals surface area contributed by atoms with Crippen molar-refractivity contribution in [2.75, 3.05) is 17.2 Å². The molecule has 1 heterocycles. The highest BCUT2D eigenvalue weighted by atomic mass is 35.5. The number of hydrogen-bond acceptors (Lipinski definition) is 5. The van der Waals surface area contributed by atoms with Gasteiger partial charge in [-0.1, -0.05) is 42.5 Å². The summed E-state index contributed by atoms with van der Waals surface area (Å²) in [6, 6.07) is 21.6. The van der Waals surface area contributed by atoms with Gasteiger partial charge in [0, 0.05) is 29.1 Å². The number of fused-ring (bicyclic) bond motifs is 1. The molecule has 0 saturated carbocycles. The van der Waals surface area contributed by atoms with Crippen LogP contribution < -0.4 is 16.4 Å². The quantitative estimate of drug-likeness (QED) is 0.300. The van der Waals surface area contributed by atoms with Crippen LogP contribution in [0.1, 0.15) is 16.7 Å². The van der Waals surface area contributed by atoms with Crippen LogP contribution in [-0.2, 0) is 11.2 Å². The van der Waals surface area contributed by atoms with E-state index < -0.39 is 4.92 Å². The highest BCUT2D eigenvalue weighted by molar-refractivity contribution is 6.37. The standard InChI is InChI=1S/C23H20N4O3.ClH/c24-13-12-15-6-8-17(9-7-15)25-22(16-4-2-1-3-5-16)21-19-14-18(27(29)30)10-11-20(19)26-23(21)28;/h1-11,14,25H,12-13,24H2,(H,26,28);1H. The number of anilines is 2. The molecule has 1 amide bonds. The molecule has 7 nitrogen and oxygen atoms in total. The van der Waals surface area contributed by atoms with Gasteiger partial charge in [0.25, 0.3) is 11.6 Å². The molecular formula is C23H21ClN4O3. The first-order valence-corrected chi connectivity index (χ1v) is 9.52. The summed E-state index contributed by atoms with van der Waals surface area (Å²) in [6.07, 6.45) is 0.784. The van der Waals surface area contributed by atoms with Gasteiger partial charge < -0.3 is 16.4 Å². The first kappa shape index (κ1) is 22.0. The molecule has 0 saturated heterocycles. The fraction of sp³-hybridized carbons (Fsp3) is 0.0870. The van der Waals surface area contributed by atoms with Crippen molar-refractivity contribution in [1.82, 2.24) is 0 Å². The topological polar surface area (TPSA) is 110 Å².